The van der Waals surface area contributed by atoms with Crippen molar-refractivity contribution in [1.29, 1.82) is 0 Å². The highest BCUT2D eigenvalue weighted by Gasteiger charge is 2.36. The van der Waals surface area contributed by atoms with Crippen molar-refractivity contribution in [3.8, 4) is 0 Å². The quantitative estimate of drug-likeness (QED) is 0.811. The van der Waals surface area contributed by atoms with Crippen molar-refractivity contribution in [1.82, 2.24) is 9.88 Å². The number of nitrogens with zero attached hydrogens (tertiary/aromatic N) is 2. The van der Waals surface area contributed by atoms with Crippen LogP contribution in [0.5, 0.6) is 0 Å². The molecule has 1 aliphatic heterocycles. The van der Waals surface area contributed by atoms with E-state index < -0.39 is 23.8 Å². The van der Waals surface area contributed by atoms with Crippen molar-refractivity contribution in [3.05, 3.63) is 16.6 Å². The van der Waals surface area contributed by atoms with Gasteiger partial charge in [0, 0.05) is 24.6 Å². The van der Waals surface area contributed by atoms with Crippen molar-refractivity contribution >= 4 is 29.1 Å². The monoisotopic (exact) mass is 268 g/mol. The smallest absolute Gasteiger partial charge is 0.327 e. The summed E-state index contributed by atoms with van der Waals surface area (Å²) in [5.74, 6) is -1.99. The number of aliphatic carboxylic acids is 1. The molecule has 0 radical (unpaired) electrons. The number of imide groups is 1. The van der Waals surface area contributed by atoms with Crippen molar-refractivity contribution in [3.63, 3.8) is 0 Å². The normalized spacial score (nSPS) is 17.9. The van der Waals surface area contributed by atoms with Crippen LogP contribution in [0.1, 0.15) is 25.0 Å². The number of piperidine rings is 1. The molecule has 0 aromatic carbocycles. The van der Waals surface area contributed by atoms with Gasteiger partial charge in [-0.2, -0.15) is 0 Å². The van der Waals surface area contributed by atoms with Gasteiger partial charge in [0.2, 0.25) is 11.8 Å². The van der Waals surface area contributed by atoms with Gasteiger partial charge in [-0.25, -0.2) is 9.78 Å². The molecule has 6 nitrogen and oxygen atoms in total. The van der Waals surface area contributed by atoms with Gasteiger partial charge in [0.05, 0.1) is 11.2 Å². The maximum Gasteiger partial charge on any atom is 0.327 e. The molecule has 1 unspecified atom stereocenters. The minimum atomic E-state index is -1.17. The topological polar surface area (TPSA) is 87.6 Å². The van der Waals surface area contributed by atoms with E-state index in [1.165, 1.54) is 11.3 Å². The highest BCUT2D eigenvalue weighted by Crippen LogP contribution is 2.18. The molecule has 18 heavy (non-hydrogen) atoms. The second-order valence-corrected chi connectivity index (χ2v) is 4.77. The molecule has 1 atom stereocenters. The first-order valence-electron chi connectivity index (χ1n) is 5.54. The van der Waals surface area contributed by atoms with E-state index in [4.69, 9.17) is 0 Å². The lowest BCUT2D eigenvalue weighted by molar-refractivity contribution is -0.160. The maximum atomic E-state index is 11.7. The number of hydrogen-bond acceptors (Lipinski definition) is 5. The lowest BCUT2D eigenvalue weighted by Crippen LogP contribution is -2.51. The molecule has 0 bridgehead atoms. The molecular weight excluding hydrogens is 256 g/mol. The molecule has 1 aromatic heterocycles. The van der Waals surface area contributed by atoms with E-state index in [9.17, 15) is 19.5 Å². The van der Waals surface area contributed by atoms with Gasteiger partial charge >= 0.3 is 5.97 Å². The molecule has 1 aliphatic rings. The van der Waals surface area contributed by atoms with E-state index in [1.807, 2.05) is 0 Å². The van der Waals surface area contributed by atoms with Crippen molar-refractivity contribution in [2.75, 3.05) is 0 Å². The second-order valence-electron chi connectivity index (χ2n) is 4.05. The average Bonchev–Trinajstić information content (AvgIpc) is 2.80. The summed E-state index contributed by atoms with van der Waals surface area (Å²) in [5, 5.41) is 10.9. The molecule has 2 heterocycles. The summed E-state index contributed by atoms with van der Waals surface area (Å²) >= 11 is 1.35. The van der Waals surface area contributed by atoms with Crippen LogP contribution in [-0.4, -0.2) is 38.8 Å². The lowest BCUT2D eigenvalue weighted by Gasteiger charge is -2.29. The van der Waals surface area contributed by atoms with Gasteiger partial charge in [0.25, 0.3) is 0 Å². The number of carboxylic acid groups (broad SMARTS) is 1. The van der Waals surface area contributed by atoms with Gasteiger partial charge in [0.1, 0.15) is 6.04 Å². The summed E-state index contributed by atoms with van der Waals surface area (Å²) in [6.45, 7) is 0. The second kappa shape index (κ2) is 5.26. The molecule has 96 valence electrons. The number of carbonyl (C=O) groups is 3. The largest absolute Gasteiger partial charge is 0.480 e. The van der Waals surface area contributed by atoms with Crippen molar-refractivity contribution in [2.45, 2.75) is 31.7 Å². The third kappa shape index (κ3) is 2.56. The van der Waals surface area contributed by atoms with Crippen LogP contribution in [0.2, 0.25) is 0 Å². The fourth-order valence-corrected chi connectivity index (χ4v) is 2.52. The first kappa shape index (κ1) is 12.7. The molecule has 7 heteroatoms. The van der Waals surface area contributed by atoms with Crippen LogP contribution in [0.15, 0.2) is 10.9 Å². The molecule has 0 spiro atoms. The van der Waals surface area contributed by atoms with Gasteiger partial charge in [-0.05, 0) is 6.42 Å². The van der Waals surface area contributed by atoms with Crippen LogP contribution in [0.25, 0.3) is 0 Å². The Kier molecular flexibility index (Phi) is 3.71. The van der Waals surface area contributed by atoms with Crippen LogP contribution in [-0.2, 0) is 20.8 Å². The summed E-state index contributed by atoms with van der Waals surface area (Å²) in [5.41, 5.74) is 2.17. The minimum absolute atomic E-state index is 0.0658. The molecule has 0 saturated carbocycles. The van der Waals surface area contributed by atoms with Crippen molar-refractivity contribution < 1.29 is 19.5 Å². The van der Waals surface area contributed by atoms with Crippen molar-refractivity contribution in [2.24, 2.45) is 0 Å². The number of carbonyl (C=O) groups excluding carboxylic acids is 2. The van der Waals surface area contributed by atoms with Gasteiger partial charge in [-0.15, -0.1) is 11.3 Å². The Morgan fingerprint density at radius 1 is 1.44 bits per heavy atom. The number of amides is 2. The zero-order valence-corrected chi connectivity index (χ0v) is 10.4. The number of aromatic nitrogens is 1. The summed E-state index contributed by atoms with van der Waals surface area (Å²) in [7, 11) is 0. The standard InChI is InChI=1S/C11H12N2O4S/c14-9-2-1-3-10(15)13(9)8(11(16)17)4-7-5-18-6-12-7/h5-6,8H,1-4H2,(H,16,17). The molecule has 0 aliphatic carbocycles. The molecule has 1 aromatic rings. The Bertz CT molecular complexity index is 455. The van der Waals surface area contributed by atoms with Crippen LogP contribution in [0, 0.1) is 0 Å². The molecule has 1 fully saturated rings. The van der Waals surface area contributed by atoms with Gasteiger partial charge in [0.15, 0.2) is 0 Å². The predicted octanol–water partition coefficient (Wildman–Crippen LogP) is 0.678. The Morgan fingerprint density at radius 3 is 2.61 bits per heavy atom. The van der Waals surface area contributed by atoms with Gasteiger partial charge in [-0.3, -0.25) is 14.5 Å². The minimum Gasteiger partial charge on any atom is -0.480 e. The van der Waals surface area contributed by atoms with Crippen LogP contribution < -0.4 is 0 Å². The predicted molar refractivity (Wildman–Crippen MR) is 62.9 cm³/mol. The lowest BCUT2D eigenvalue weighted by atomic mass is 10.0. The SMILES string of the molecule is O=C(O)C(Cc1cscn1)N1C(=O)CCCC1=O. The molecule has 2 rings (SSSR count). The summed E-state index contributed by atoms with van der Waals surface area (Å²) in [6.07, 6.45) is 1.02. The Hall–Kier alpha value is -1.76. The van der Waals surface area contributed by atoms with E-state index >= 15 is 0 Å². The van der Waals surface area contributed by atoms with E-state index in [0.717, 1.165) is 4.90 Å². The van der Waals surface area contributed by atoms with Gasteiger partial charge in [-0.1, -0.05) is 0 Å². The Balaban J connectivity index is 2.21. The van der Waals surface area contributed by atoms with Crippen LogP contribution in [0.3, 0.4) is 0 Å². The fourth-order valence-electron chi connectivity index (χ4n) is 1.94. The Morgan fingerprint density at radius 2 is 2.11 bits per heavy atom. The van der Waals surface area contributed by atoms with E-state index in [-0.39, 0.29) is 19.3 Å². The molecule has 1 N–H and O–H groups in total. The number of rotatable bonds is 4. The van der Waals surface area contributed by atoms with Crippen LogP contribution >= 0.6 is 11.3 Å². The van der Waals surface area contributed by atoms with E-state index in [0.29, 0.717) is 12.1 Å². The zero-order valence-electron chi connectivity index (χ0n) is 9.54. The molecule has 1 saturated heterocycles. The number of thiazole rings is 1. The summed E-state index contributed by atoms with van der Waals surface area (Å²) in [6, 6.07) is -1.15. The highest BCUT2D eigenvalue weighted by molar-refractivity contribution is 7.07. The molecular formula is C11H12N2O4S. The van der Waals surface area contributed by atoms with E-state index in [2.05, 4.69) is 4.98 Å². The summed E-state index contributed by atoms with van der Waals surface area (Å²) in [4.78, 5) is 39.5. The maximum absolute atomic E-state index is 11.7. The first-order chi connectivity index (χ1) is 8.59. The zero-order chi connectivity index (χ0) is 13.1. The third-order valence-corrected chi connectivity index (χ3v) is 3.44. The Labute approximate surface area is 107 Å². The van der Waals surface area contributed by atoms with E-state index in [1.54, 1.807) is 10.9 Å². The summed E-state index contributed by atoms with van der Waals surface area (Å²) < 4.78 is 0. The molecule has 2 amide bonds. The van der Waals surface area contributed by atoms with Gasteiger partial charge < -0.3 is 5.11 Å². The third-order valence-electron chi connectivity index (χ3n) is 2.80. The average molecular weight is 268 g/mol. The highest BCUT2D eigenvalue weighted by atomic mass is 32.1. The fraction of sp³-hybridized carbons (Fsp3) is 0.455. The number of likely N-dealkylation sites (tertiary alicyclic amines) is 1. The number of carboxylic acids is 1. The number of hydrogen-bond donors (Lipinski definition) is 1. The van der Waals surface area contributed by atoms with Crippen LogP contribution in [0.4, 0.5) is 0 Å². The first-order valence-corrected chi connectivity index (χ1v) is 6.48.